The summed E-state index contributed by atoms with van der Waals surface area (Å²) in [6, 6.07) is 14.0. The molecular formula is C50H52Cl4N2O16. The Morgan fingerprint density at radius 3 is 1.81 bits per heavy atom. The highest BCUT2D eigenvalue weighted by Gasteiger charge is 2.59. The topological polar surface area (TPSA) is 218 Å². The maximum atomic E-state index is 14.6. The van der Waals surface area contributed by atoms with E-state index >= 15 is 0 Å². The quantitative estimate of drug-likeness (QED) is 0.0197. The number of rotatable bonds is 22. The van der Waals surface area contributed by atoms with Gasteiger partial charge in [-0.2, -0.15) is 0 Å². The zero-order valence-electron chi connectivity index (χ0n) is 39.3. The van der Waals surface area contributed by atoms with Gasteiger partial charge in [-0.15, -0.1) is 13.2 Å². The SMILES string of the molecule is C=CCCCO[C@@H]1O[C@H](CO[C@@H]2O[C@H](COC(C)=O)[C@@H](OC(C)=O)[C@H](OC(C)=O)[C@H]2N2C(=O)c3c(Cl)c(Cl)c(Cl)c(Cl)c3C2=O)[C@@H](OCc2ccccc2)[C@H](OC(=O)c2ccccc2)[C@H]1NC(=O)CCC=C. The summed E-state index contributed by atoms with van der Waals surface area (Å²) >= 11 is 25.8. The summed E-state index contributed by atoms with van der Waals surface area (Å²) in [5.74, 6) is -6.16. The number of imide groups is 1. The second-order valence-corrected chi connectivity index (χ2v) is 18.1. The first-order valence-electron chi connectivity index (χ1n) is 22.7. The van der Waals surface area contributed by atoms with Crippen molar-refractivity contribution in [3.8, 4) is 0 Å². The number of hydrogen-bond donors (Lipinski definition) is 1. The van der Waals surface area contributed by atoms with Crippen molar-refractivity contribution >= 4 is 88.0 Å². The van der Waals surface area contributed by atoms with Crippen molar-refractivity contribution in [3.05, 3.63) is 128 Å². The van der Waals surface area contributed by atoms with Gasteiger partial charge in [0.25, 0.3) is 11.8 Å². The van der Waals surface area contributed by atoms with Crippen molar-refractivity contribution in [2.75, 3.05) is 19.8 Å². The minimum Gasteiger partial charge on any atom is -0.463 e. The Bertz CT molecular complexity index is 2450. The number of esters is 4. The van der Waals surface area contributed by atoms with Crippen molar-refractivity contribution in [2.45, 2.75) is 114 Å². The van der Waals surface area contributed by atoms with Crippen LogP contribution in [0.2, 0.25) is 20.1 Å². The molecule has 3 aromatic rings. The van der Waals surface area contributed by atoms with Gasteiger partial charge >= 0.3 is 23.9 Å². The molecule has 72 heavy (non-hydrogen) atoms. The highest BCUT2D eigenvalue weighted by atomic mass is 35.5. The largest absolute Gasteiger partial charge is 0.463 e. The standard InChI is InChI=1S/C50H52Cl4N2O16/c1-6-8-16-22-64-49-40(55-33(60)21-9-7-2)44(72-48(63)30-19-14-11-15-20-30)42(66-23-29-17-12-10-13-18-29)31(70-49)25-67-50-41(56-46(61)34-35(47(56)62)37(52)39(54)38(53)36(34)51)45(69-28(5)59)43(68-27(4)58)32(71-50)24-65-26(3)57/h6-7,10-15,17-20,31-32,40-45,49-50H,1-2,8-9,16,21-25H2,3-5H3,(H,55,60)/t31-,32-,40-,41-,42-,43-,44-,45-,49-,50-/m1/s1. The highest BCUT2D eigenvalue weighted by molar-refractivity contribution is 6.55. The number of allylic oxidation sites excluding steroid dienone is 2. The van der Waals surface area contributed by atoms with Gasteiger partial charge in [-0.25, -0.2) is 4.79 Å². The van der Waals surface area contributed by atoms with E-state index in [1.165, 1.54) is 0 Å². The Hall–Kier alpha value is -5.41. The van der Waals surface area contributed by atoms with Crippen molar-refractivity contribution in [2.24, 2.45) is 0 Å². The van der Waals surface area contributed by atoms with Gasteiger partial charge in [0, 0.05) is 27.2 Å². The molecule has 0 saturated carbocycles. The Labute approximate surface area is 435 Å². The van der Waals surface area contributed by atoms with E-state index in [4.69, 9.17) is 89.0 Å². The van der Waals surface area contributed by atoms with Crippen molar-refractivity contribution < 1.29 is 76.2 Å². The first-order valence-corrected chi connectivity index (χ1v) is 24.2. The third-order valence-corrected chi connectivity index (χ3v) is 13.2. The Balaban J connectivity index is 1.49. The van der Waals surface area contributed by atoms with E-state index in [9.17, 15) is 33.6 Å². The number of nitrogens with zero attached hydrogens (tertiary/aromatic N) is 1. The second kappa shape index (κ2) is 26.0. The molecule has 0 aromatic heterocycles. The van der Waals surface area contributed by atoms with Crippen LogP contribution >= 0.6 is 46.4 Å². The van der Waals surface area contributed by atoms with Crippen molar-refractivity contribution in [1.29, 1.82) is 0 Å². The smallest absolute Gasteiger partial charge is 0.338 e. The highest BCUT2D eigenvalue weighted by Crippen LogP contribution is 2.47. The molecule has 0 unspecified atom stereocenters. The van der Waals surface area contributed by atoms with Gasteiger partial charge in [0.1, 0.15) is 37.0 Å². The van der Waals surface area contributed by atoms with Crippen LogP contribution in [0.5, 0.6) is 0 Å². The molecule has 386 valence electrons. The third kappa shape index (κ3) is 13.4. The van der Waals surface area contributed by atoms with Crippen LogP contribution in [0.15, 0.2) is 86.0 Å². The summed E-state index contributed by atoms with van der Waals surface area (Å²) in [5, 5.41) is 1.38. The lowest BCUT2D eigenvalue weighted by atomic mass is 9.94. The molecule has 18 nitrogen and oxygen atoms in total. The molecule has 3 aliphatic rings. The molecule has 0 aliphatic carbocycles. The number of benzene rings is 3. The minimum atomic E-state index is -1.89. The molecule has 0 bridgehead atoms. The average Bonchev–Trinajstić information content (AvgIpc) is 3.61. The van der Waals surface area contributed by atoms with Crippen molar-refractivity contribution in [3.63, 3.8) is 0 Å². The van der Waals surface area contributed by atoms with Gasteiger partial charge in [0.15, 0.2) is 30.9 Å². The van der Waals surface area contributed by atoms with E-state index in [2.05, 4.69) is 18.5 Å². The maximum absolute atomic E-state index is 14.6. The summed E-state index contributed by atoms with van der Waals surface area (Å²) in [7, 11) is 0. The maximum Gasteiger partial charge on any atom is 0.338 e. The lowest BCUT2D eigenvalue weighted by molar-refractivity contribution is -0.313. The van der Waals surface area contributed by atoms with Gasteiger partial charge in [0.2, 0.25) is 5.91 Å². The molecule has 2 saturated heterocycles. The molecule has 0 spiro atoms. The number of hydrogen-bond acceptors (Lipinski definition) is 16. The molecular weight excluding hydrogens is 1030 g/mol. The average molecular weight is 1080 g/mol. The fourth-order valence-corrected chi connectivity index (χ4v) is 9.26. The van der Waals surface area contributed by atoms with E-state index in [0.717, 1.165) is 20.8 Å². The van der Waals surface area contributed by atoms with Gasteiger partial charge in [-0.3, -0.25) is 33.7 Å². The lowest BCUT2D eigenvalue weighted by Gasteiger charge is -2.48. The van der Waals surface area contributed by atoms with Crippen LogP contribution in [0.3, 0.4) is 0 Å². The molecule has 10 atom stereocenters. The van der Waals surface area contributed by atoms with E-state index < -0.39 is 137 Å². The number of amides is 3. The number of carbonyl (C=O) groups excluding carboxylic acids is 7. The van der Waals surface area contributed by atoms with Crippen LogP contribution in [-0.2, 0) is 68.4 Å². The van der Waals surface area contributed by atoms with Gasteiger partial charge in [-0.1, -0.05) is 107 Å². The zero-order valence-corrected chi connectivity index (χ0v) is 42.3. The molecule has 1 N–H and O–H groups in total. The Morgan fingerprint density at radius 2 is 1.22 bits per heavy atom. The van der Waals surface area contributed by atoms with Gasteiger partial charge in [0.05, 0.1) is 56.6 Å². The summed E-state index contributed by atoms with van der Waals surface area (Å²) in [5.41, 5.74) is -0.0671. The predicted octanol–water partition coefficient (Wildman–Crippen LogP) is 7.40. The summed E-state index contributed by atoms with van der Waals surface area (Å²) in [4.78, 5) is 95.6. The van der Waals surface area contributed by atoms with Gasteiger partial charge < -0.3 is 47.9 Å². The molecule has 2 fully saturated rings. The summed E-state index contributed by atoms with van der Waals surface area (Å²) < 4.78 is 55.6. The first kappa shape index (κ1) is 55.9. The molecule has 3 aromatic carbocycles. The predicted molar refractivity (Wildman–Crippen MR) is 259 cm³/mol. The molecule has 3 heterocycles. The molecule has 6 rings (SSSR count). The Kier molecular flexibility index (Phi) is 20.2. The van der Waals surface area contributed by atoms with Crippen LogP contribution in [-0.4, -0.2) is 128 Å². The number of nitrogens with one attached hydrogen (secondary N) is 1. The molecule has 0 radical (unpaired) electrons. The number of fused-ring (bicyclic) bond motifs is 1. The van der Waals surface area contributed by atoms with Crippen LogP contribution in [0, 0.1) is 0 Å². The monoisotopic (exact) mass is 1080 g/mol. The number of halogens is 4. The summed E-state index contributed by atoms with van der Waals surface area (Å²) in [6.07, 6.45) is -7.71. The van der Waals surface area contributed by atoms with E-state index in [0.29, 0.717) is 29.7 Å². The van der Waals surface area contributed by atoms with Gasteiger partial charge in [-0.05, 0) is 37.0 Å². The number of unbranched alkanes of at least 4 members (excludes halogenated alkanes) is 1. The fraction of sp³-hybridized carbons (Fsp3) is 0.420. The Morgan fingerprint density at radius 1 is 0.653 bits per heavy atom. The summed E-state index contributed by atoms with van der Waals surface area (Å²) in [6.45, 7) is 9.38. The van der Waals surface area contributed by atoms with Crippen LogP contribution < -0.4 is 5.32 Å². The normalized spacial score (nSPS) is 24.7. The zero-order chi connectivity index (χ0) is 52.2. The number of ether oxygens (including phenoxy) is 9. The van der Waals surface area contributed by atoms with E-state index in [1.807, 2.05) is 0 Å². The van der Waals surface area contributed by atoms with Crippen molar-refractivity contribution in [1.82, 2.24) is 10.2 Å². The fourth-order valence-electron chi connectivity index (χ4n) is 8.25. The third-order valence-electron chi connectivity index (χ3n) is 11.4. The van der Waals surface area contributed by atoms with E-state index in [1.54, 1.807) is 72.8 Å². The lowest BCUT2D eigenvalue weighted by Crippen LogP contribution is -2.69. The molecule has 22 heteroatoms. The number of carbonyl (C=O) groups is 7. The van der Waals surface area contributed by atoms with Crippen LogP contribution in [0.4, 0.5) is 0 Å². The molecule has 3 amide bonds. The first-order chi connectivity index (χ1) is 34.5. The second-order valence-electron chi connectivity index (χ2n) is 16.6. The van der Waals surface area contributed by atoms with E-state index in [-0.39, 0.29) is 35.2 Å². The minimum absolute atomic E-state index is 0.00398. The van der Waals surface area contributed by atoms with Crippen LogP contribution in [0.1, 0.15) is 83.1 Å². The molecule has 3 aliphatic heterocycles. The van der Waals surface area contributed by atoms with Crippen LogP contribution in [0.25, 0.3) is 0 Å².